The number of rotatable bonds is 17. The molecule has 0 radical (unpaired) electrons. The molecule has 0 aliphatic heterocycles. The van der Waals surface area contributed by atoms with Crippen molar-refractivity contribution in [3.05, 3.63) is 12.2 Å². The van der Waals surface area contributed by atoms with E-state index in [1.165, 1.54) is 57.8 Å². The van der Waals surface area contributed by atoms with Gasteiger partial charge in [0.15, 0.2) is 0 Å². The lowest BCUT2D eigenvalue weighted by Crippen LogP contribution is -2.96. The molecule has 0 heterocycles. The van der Waals surface area contributed by atoms with Crippen molar-refractivity contribution in [2.75, 3.05) is 19.8 Å². The van der Waals surface area contributed by atoms with Gasteiger partial charge in [-0.15, -0.1) is 0 Å². The maximum Gasteiger partial charge on any atom is 0.328 e. The molecule has 0 amide bonds. The molecule has 0 aliphatic rings. The first-order chi connectivity index (χ1) is 14.1. The number of quaternary nitrogens is 1. The van der Waals surface area contributed by atoms with Crippen LogP contribution in [0.5, 0.6) is 0 Å². The summed E-state index contributed by atoms with van der Waals surface area (Å²) in [6, 6.07) is 0. The van der Waals surface area contributed by atoms with E-state index in [4.69, 9.17) is 9.84 Å². The molecule has 0 bridgehead atoms. The molecule has 0 aromatic rings. The third kappa shape index (κ3) is 31.3. The van der Waals surface area contributed by atoms with Crippen LogP contribution in [0.25, 0.3) is 0 Å². The van der Waals surface area contributed by atoms with Gasteiger partial charge in [0.1, 0.15) is 12.6 Å². The molecule has 7 heteroatoms. The molecular formula is C23H45NO6. The zero-order valence-electron chi connectivity index (χ0n) is 19.5. The highest BCUT2D eigenvalue weighted by molar-refractivity contribution is 5.88. The molecule has 0 saturated heterocycles. The highest BCUT2D eigenvalue weighted by Gasteiger charge is 2.15. The lowest BCUT2D eigenvalue weighted by molar-refractivity contribution is -0.722. The number of hydrogen-bond donors (Lipinski definition) is 3. The van der Waals surface area contributed by atoms with Crippen LogP contribution < -0.4 is 10.4 Å². The fourth-order valence-corrected chi connectivity index (χ4v) is 2.61. The molecule has 30 heavy (non-hydrogen) atoms. The van der Waals surface area contributed by atoms with E-state index in [1.807, 2.05) is 0 Å². The minimum atomic E-state index is -1.51. The van der Waals surface area contributed by atoms with E-state index in [0.29, 0.717) is 18.8 Å². The number of aliphatic carboxylic acids is 2. The number of carbonyl (C=O) groups is 2. The molecule has 1 unspecified atom stereocenters. The highest BCUT2D eigenvalue weighted by atomic mass is 16.5. The Kier molecular flexibility index (Phi) is 21.3. The van der Waals surface area contributed by atoms with Crippen LogP contribution in [0.2, 0.25) is 0 Å². The maximum absolute atomic E-state index is 9.82. The van der Waals surface area contributed by atoms with Crippen LogP contribution in [0.4, 0.5) is 0 Å². The molecule has 178 valence electrons. The Labute approximate surface area is 182 Å². The Balaban J connectivity index is 0. The van der Waals surface area contributed by atoms with Crippen LogP contribution >= 0.6 is 0 Å². The quantitative estimate of drug-likeness (QED) is 0.239. The topological polar surface area (TPSA) is 124 Å². The SMILES string of the molecule is CCCCCCCCCCCCOCC(O)C[NH2+]C(C)(C)C.O=C([O-])/C=C/C(=O)O. The molecule has 0 rings (SSSR count). The van der Waals surface area contributed by atoms with Crippen molar-refractivity contribution in [2.24, 2.45) is 0 Å². The van der Waals surface area contributed by atoms with E-state index in [2.05, 4.69) is 33.0 Å². The normalized spacial score (nSPS) is 12.4. The fourth-order valence-electron chi connectivity index (χ4n) is 2.61. The monoisotopic (exact) mass is 431 g/mol. The van der Waals surface area contributed by atoms with Gasteiger partial charge in [0.2, 0.25) is 0 Å². The van der Waals surface area contributed by atoms with Gasteiger partial charge in [-0.2, -0.15) is 0 Å². The smallest absolute Gasteiger partial charge is 0.328 e. The minimum absolute atomic E-state index is 0.178. The Morgan fingerprint density at radius 3 is 1.87 bits per heavy atom. The number of aliphatic hydroxyl groups excluding tert-OH is 1. The Morgan fingerprint density at radius 1 is 0.967 bits per heavy atom. The fraction of sp³-hybridized carbons (Fsp3) is 0.826. The van der Waals surface area contributed by atoms with Crippen LogP contribution in [0.15, 0.2) is 12.2 Å². The summed E-state index contributed by atoms with van der Waals surface area (Å²) in [4.78, 5) is 19.0. The van der Waals surface area contributed by atoms with Crippen LogP contribution in [-0.4, -0.2) is 53.6 Å². The molecule has 0 spiro atoms. The third-order valence-corrected chi connectivity index (χ3v) is 4.32. The number of aliphatic hydroxyl groups is 1. The van der Waals surface area contributed by atoms with E-state index in [-0.39, 0.29) is 11.6 Å². The molecule has 7 nitrogen and oxygen atoms in total. The average molecular weight is 432 g/mol. The number of carbonyl (C=O) groups excluding carboxylic acids is 1. The summed E-state index contributed by atoms with van der Waals surface area (Å²) < 4.78 is 5.56. The second kappa shape index (κ2) is 20.8. The predicted octanol–water partition coefficient (Wildman–Crippen LogP) is 2.02. The number of carboxylic acids is 2. The van der Waals surface area contributed by atoms with Gasteiger partial charge in [-0.1, -0.05) is 64.7 Å². The van der Waals surface area contributed by atoms with Gasteiger partial charge in [-0.05, 0) is 33.3 Å². The number of unbranched alkanes of at least 4 members (excludes halogenated alkanes) is 9. The summed E-state index contributed by atoms with van der Waals surface area (Å²) in [7, 11) is 0. The molecule has 0 fully saturated rings. The zero-order chi connectivity index (χ0) is 23.3. The summed E-state index contributed by atoms with van der Waals surface area (Å²) in [5.74, 6) is -2.80. The van der Waals surface area contributed by atoms with Gasteiger partial charge in [0, 0.05) is 12.7 Å². The third-order valence-electron chi connectivity index (χ3n) is 4.32. The average Bonchev–Trinajstić information content (AvgIpc) is 2.65. The summed E-state index contributed by atoms with van der Waals surface area (Å²) in [5.41, 5.74) is 0.178. The Morgan fingerprint density at radius 2 is 1.47 bits per heavy atom. The van der Waals surface area contributed by atoms with Gasteiger partial charge in [0.25, 0.3) is 0 Å². The molecule has 0 aromatic carbocycles. The predicted molar refractivity (Wildman–Crippen MR) is 117 cm³/mol. The maximum atomic E-state index is 9.82. The van der Waals surface area contributed by atoms with Gasteiger partial charge in [0.05, 0.1) is 18.1 Å². The van der Waals surface area contributed by atoms with E-state index in [1.54, 1.807) is 0 Å². The molecule has 0 aromatic heterocycles. The number of ether oxygens (including phenoxy) is 1. The van der Waals surface area contributed by atoms with E-state index >= 15 is 0 Å². The van der Waals surface area contributed by atoms with E-state index in [0.717, 1.165) is 19.6 Å². The second-order valence-corrected chi connectivity index (χ2v) is 8.71. The molecule has 4 N–H and O–H groups in total. The highest BCUT2D eigenvalue weighted by Crippen LogP contribution is 2.10. The Hall–Kier alpha value is -1.44. The Bertz CT molecular complexity index is 429. The lowest BCUT2D eigenvalue weighted by Gasteiger charge is -2.19. The van der Waals surface area contributed by atoms with Gasteiger partial charge >= 0.3 is 5.97 Å². The van der Waals surface area contributed by atoms with Gasteiger partial charge in [-0.25, -0.2) is 4.79 Å². The lowest BCUT2D eigenvalue weighted by atomic mass is 10.1. The first-order valence-electron chi connectivity index (χ1n) is 11.3. The van der Waals surface area contributed by atoms with Crippen LogP contribution in [0.3, 0.4) is 0 Å². The molecular weight excluding hydrogens is 386 g/mol. The second-order valence-electron chi connectivity index (χ2n) is 8.71. The van der Waals surface area contributed by atoms with Crippen molar-refractivity contribution < 1.29 is 35.0 Å². The largest absolute Gasteiger partial charge is 0.545 e. The van der Waals surface area contributed by atoms with Crippen molar-refractivity contribution in [1.29, 1.82) is 0 Å². The van der Waals surface area contributed by atoms with Gasteiger partial charge < -0.3 is 30.2 Å². The first-order valence-corrected chi connectivity index (χ1v) is 11.3. The van der Waals surface area contributed by atoms with E-state index in [9.17, 15) is 19.8 Å². The molecule has 0 aliphatic carbocycles. The van der Waals surface area contributed by atoms with Crippen LogP contribution in [-0.2, 0) is 14.3 Å². The number of nitrogens with two attached hydrogens (primary N) is 1. The van der Waals surface area contributed by atoms with Crippen molar-refractivity contribution >= 4 is 11.9 Å². The summed E-state index contributed by atoms with van der Waals surface area (Å²) in [6.07, 6.45) is 14.1. The molecule has 1 atom stereocenters. The molecule has 0 saturated carbocycles. The van der Waals surface area contributed by atoms with Crippen molar-refractivity contribution in [2.45, 2.75) is 104 Å². The van der Waals surface area contributed by atoms with Crippen molar-refractivity contribution in [3.63, 3.8) is 0 Å². The van der Waals surface area contributed by atoms with E-state index < -0.39 is 11.9 Å². The van der Waals surface area contributed by atoms with Crippen molar-refractivity contribution in [1.82, 2.24) is 0 Å². The summed E-state index contributed by atoms with van der Waals surface area (Å²) in [6.45, 7) is 10.7. The minimum Gasteiger partial charge on any atom is -0.545 e. The zero-order valence-corrected chi connectivity index (χ0v) is 19.5. The number of hydrogen-bond acceptors (Lipinski definition) is 5. The standard InChI is InChI=1S/C19H41NO2.C4H4O4/c1-5-6-7-8-9-10-11-12-13-14-15-22-17-18(21)16-20-19(2,3)4;5-3(6)1-2-4(7)8/h18,20-21H,5-17H2,1-4H3;1-2H,(H,5,6)(H,7,8)/b;2-1+. The van der Waals surface area contributed by atoms with Crippen LogP contribution in [0, 0.1) is 0 Å². The number of carboxylic acid groups (broad SMARTS) is 2. The first kappa shape index (κ1) is 30.8. The van der Waals surface area contributed by atoms with Crippen LogP contribution in [0.1, 0.15) is 91.9 Å². The van der Waals surface area contributed by atoms with Crippen molar-refractivity contribution in [3.8, 4) is 0 Å². The summed E-state index contributed by atoms with van der Waals surface area (Å²) in [5, 5.41) is 29.2. The van der Waals surface area contributed by atoms with Gasteiger partial charge in [-0.3, -0.25) is 0 Å². The summed E-state index contributed by atoms with van der Waals surface area (Å²) >= 11 is 0.